The van der Waals surface area contributed by atoms with Gasteiger partial charge in [0.25, 0.3) is 0 Å². The van der Waals surface area contributed by atoms with Gasteiger partial charge in [-0.3, -0.25) is 19.2 Å². The van der Waals surface area contributed by atoms with E-state index in [-0.39, 0.29) is 60.9 Å². The number of carbonyl (C=O) groups is 4. The van der Waals surface area contributed by atoms with E-state index in [1.54, 1.807) is 4.90 Å². The number of piperazine rings is 1. The van der Waals surface area contributed by atoms with Gasteiger partial charge in [0, 0.05) is 39.2 Å². The molecule has 26 heavy (non-hydrogen) atoms. The van der Waals surface area contributed by atoms with Crippen molar-refractivity contribution in [1.29, 1.82) is 0 Å². The Labute approximate surface area is 152 Å². The van der Waals surface area contributed by atoms with Gasteiger partial charge in [0.2, 0.25) is 5.91 Å². The fourth-order valence-corrected chi connectivity index (χ4v) is 3.14. The monoisotopic (exact) mass is 366 g/mol. The molecule has 1 heterocycles. The molecule has 0 bridgehead atoms. The van der Waals surface area contributed by atoms with Crippen molar-refractivity contribution in [3.05, 3.63) is 11.8 Å². The van der Waals surface area contributed by atoms with Gasteiger partial charge < -0.3 is 19.7 Å². The van der Waals surface area contributed by atoms with Gasteiger partial charge >= 0.3 is 5.97 Å². The van der Waals surface area contributed by atoms with Crippen molar-refractivity contribution in [3.8, 4) is 0 Å². The van der Waals surface area contributed by atoms with Crippen LogP contribution in [0.1, 0.15) is 33.1 Å². The van der Waals surface area contributed by atoms with Gasteiger partial charge in [0.05, 0.1) is 18.6 Å². The van der Waals surface area contributed by atoms with Crippen LogP contribution in [0.3, 0.4) is 0 Å². The number of hydrogen-bond donors (Lipinski definition) is 1. The number of Topliss-reactive ketones (excluding diaryl/α,β-unsaturated/α-hetero) is 2. The molecule has 8 nitrogen and oxygen atoms in total. The highest BCUT2D eigenvalue weighted by Gasteiger charge is 2.37. The molecule has 1 atom stereocenters. The summed E-state index contributed by atoms with van der Waals surface area (Å²) < 4.78 is 9.83. The Morgan fingerprint density at radius 2 is 1.88 bits per heavy atom. The molecular formula is C18H26N2O6. The van der Waals surface area contributed by atoms with E-state index < -0.39 is 12.0 Å². The van der Waals surface area contributed by atoms with Crippen molar-refractivity contribution in [2.75, 3.05) is 33.4 Å². The van der Waals surface area contributed by atoms with E-state index in [9.17, 15) is 19.2 Å². The van der Waals surface area contributed by atoms with Crippen LogP contribution in [0.4, 0.5) is 0 Å². The minimum atomic E-state index is -0.804. The van der Waals surface area contributed by atoms with Crippen LogP contribution in [0, 0.1) is 5.41 Å². The van der Waals surface area contributed by atoms with E-state index in [0.717, 1.165) is 0 Å². The third-order valence-corrected chi connectivity index (χ3v) is 4.46. The lowest BCUT2D eigenvalue weighted by atomic mass is 9.74. The number of amides is 1. The number of carbonyl (C=O) groups excluding carboxylic acids is 4. The van der Waals surface area contributed by atoms with Crippen LogP contribution in [0.5, 0.6) is 0 Å². The largest absolute Gasteiger partial charge is 0.463 e. The van der Waals surface area contributed by atoms with E-state index in [0.29, 0.717) is 13.1 Å². The molecule has 0 radical (unpaired) electrons. The zero-order chi connectivity index (χ0) is 19.3. The molecule has 1 unspecified atom stereocenters. The lowest BCUT2D eigenvalue weighted by Crippen LogP contribution is -2.54. The third-order valence-electron chi connectivity index (χ3n) is 4.46. The zero-order valence-corrected chi connectivity index (χ0v) is 15.5. The van der Waals surface area contributed by atoms with E-state index in [4.69, 9.17) is 9.47 Å². The fraction of sp³-hybridized carbons (Fsp3) is 0.667. The number of allylic oxidation sites excluding steroid dienone is 1. The minimum Gasteiger partial charge on any atom is -0.463 e. The highest BCUT2D eigenvalue weighted by atomic mass is 16.6. The first kappa shape index (κ1) is 20.1. The first-order valence-corrected chi connectivity index (χ1v) is 8.70. The van der Waals surface area contributed by atoms with Crippen LogP contribution < -0.4 is 5.32 Å². The van der Waals surface area contributed by atoms with Crippen LogP contribution in [0.15, 0.2) is 11.8 Å². The summed E-state index contributed by atoms with van der Waals surface area (Å²) in [5.41, 5.74) is -0.244. The molecule has 144 valence electrons. The first-order chi connectivity index (χ1) is 12.2. The number of rotatable bonds is 6. The molecule has 2 aliphatic rings. The Morgan fingerprint density at radius 1 is 1.23 bits per heavy atom. The summed E-state index contributed by atoms with van der Waals surface area (Å²) in [5, 5.41) is 2.70. The molecule has 1 amide bonds. The van der Waals surface area contributed by atoms with Gasteiger partial charge in [0.15, 0.2) is 11.6 Å². The zero-order valence-electron chi connectivity index (χ0n) is 15.5. The summed E-state index contributed by atoms with van der Waals surface area (Å²) in [6.07, 6.45) is 1.86. The van der Waals surface area contributed by atoms with Crippen LogP contribution in [-0.2, 0) is 28.7 Å². The summed E-state index contributed by atoms with van der Waals surface area (Å²) in [4.78, 5) is 50.4. The van der Waals surface area contributed by atoms with E-state index in [1.807, 2.05) is 13.8 Å². The summed E-state index contributed by atoms with van der Waals surface area (Å²) in [5.74, 6) is -1.31. The van der Waals surface area contributed by atoms with E-state index in [2.05, 4.69) is 5.32 Å². The summed E-state index contributed by atoms with van der Waals surface area (Å²) in [6.45, 7) is 4.94. The Balaban J connectivity index is 2.12. The molecule has 0 aromatic rings. The maximum absolute atomic E-state index is 12.4. The predicted octanol–water partition coefficient (Wildman–Crippen LogP) is 0.209. The van der Waals surface area contributed by atoms with Crippen molar-refractivity contribution in [2.45, 2.75) is 39.2 Å². The average Bonchev–Trinajstić information content (AvgIpc) is 2.53. The second-order valence-electron chi connectivity index (χ2n) is 7.37. The first-order valence-electron chi connectivity index (χ1n) is 8.70. The van der Waals surface area contributed by atoms with E-state index in [1.165, 1.54) is 13.3 Å². The quantitative estimate of drug-likeness (QED) is 0.310. The maximum Gasteiger partial charge on any atom is 0.308 e. The highest BCUT2D eigenvalue weighted by Crippen LogP contribution is 2.34. The van der Waals surface area contributed by atoms with E-state index >= 15 is 0 Å². The Morgan fingerprint density at radius 3 is 2.50 bits per heavy atom. The number of ether oxygens (including phenoxy) is 2. The lowest BCUT2D eigenvalue weighted by Gasteiger charge is -2.35. The van der Waals surface area contributed by atoms with Gasteiger partial charge in [-0.1, -0.05) is 13.8 Å². The van der Waals surface area contributed by atoms with Gasteiger partial charge in [0.1, 0.15) is 12.6 Å². The van der Waals surface area contributed by atoms with Crippen molar-refractivity contribution in [1.82, 2.24) is 10.2 Å². The number of hydrogen-bond acceptors (Lipinski definition) is 7. The second-order valence-corrected chi connectivity index (χ2v) is 7.37. The summed E-state index contributed by atoms with van der Waals surface area (Å²) >= 11 is 0. The molecular weight excluding hydrogens is 340 g/mol. The molecule has 1 aliphatic heterocycles. The summed E-state index contributed by atoms with van der Waals surface area (Å²) in [6, 6.07) is -0.804. The number of nitrogens with one attached hydrogen (secondary N) is 1. The fourth-order valence-electron chi connectivity index (χ4n) is 3.14. The summed E-state index contributed by atoms with van der Waals surface area (Å²) in [7, 11) is 1.50. The van der Waals surface area contributed by atoms with Gasteiger partial charge in [-0.05, 0) is 5.41 Å². The van der Waals surface area contributed by atoms with Gasteiger partial charge in [-0.2, -0.15) is 0 Å². The lowest BCUT2D eigenvalue weighted by molar-refractivity contribution is -0.148. The van der Waals surface area contributed by atoms with Crippen molar-refractivity contribution < 1.29 is 28.7 Å². The highest BCUT2D eigenvalue weighted by molar-refractivity contribution is 6.22. The molecule has 0 aromatic carbocycles. The second kappa shape index (κ2) is 8.44. The SMILES string of the molecule is COCCOC(=O)CC1C(=O)NCCN1C=C1C(=O)CC(C)(C)CC1=O. The van der Waals surface area contributed by atoms with Gasteiger partial charge in [-0.15, -0.1) is 0 Å². The number of esters is 1. The standard InChI is InChI=1S/C18H26N2O6/c1-18(2)9-14(21)12(15(22)10-18)11-20-5-4-19-17(24)13(20)8-16(23)26-7-6-25-3/h11,13H,4-10H2,1-3H3,(H,19,24). The average molecular weight is 366 g/mol. The Hall–Kier alpha value is -2.22. The maximum atomic E-state index is 12.4. The van der Waals surface area contributed by atoms with Crippen LogP contribution in [0.2, 0.25) is 0 Å². The molecule has 0 aromatic heterocycles. The topological polar surface area (TPSA) is 102 Å². The third kappa shape index (κ3) is 5.14. The predicted molar refractivity (Wildman–Crippen MR) is 92.1 cm³/mol. The Kier molecular flexibility index (Phi) is 6.52. The molecule has 8 heteroatoms. The van der Waals surface area contributed by atoms with Crippen molar-refractivity contribution in [3.63, 3.8) is 0 Å². The molecule has 1 saturated heterocycles. The Bertz CT molecular complexity index is 603. The molecule has 1 N–H and O–H groups in total. The minimum absolute atomic E-state index is 0.108. The van der Waals surface area contributed by atoms with Gasteiger partial charge in [-0.25, -0.2) is 0 Å². The number of methoxy groups -OCH3 is 1. The molecule has 1 aliphatic carbocycles. The normalized spacial score (nSPS) is 22.9. The molecule has 2 fully saturated rings. The van der Waals surface area contributed by atoms with Crippen molar-refractivity contribution in [2.24, 2.45) is 5.41 Å². The molecule has 2 rings (SSSR count). The van der Waals surface area contributed by atoms with Crippen molar-refractivity contribution >= 4 is 23.4 Å². The van der Waals surface area contributed by atoms with Crippen LogP contribution >= 0.6 is 0 Å². The smallest absolute Gasteiger partial charge is 0.308 e. The van der Waals surface area contributed by atoms with Crippen LogP contribution in [0.25, 0.3) is 0 Å². The number of ketones is 2. The molecule has 1 saturated carbocycles. The number of nitrogens with zero attached hydrogens (tertiary/aromatic N) is 1. The van der Waals surface area contributed by atoms with Crippen LogP contribution in [-0.4, -0.2) is 67.8 Å². The molecule has 0 spiro atoms.